The lowest BCUT2D eigenvalue weighted by Crippen LogP contribution is -1.96. The van der Waals surface area contributed by atoms with Crippen molar-refractivity contribution in [1.82, 2.24) is 4.98 Å². The van der Waals surface area contributed by atoms with E-state index in [4.69, 9.17) is 10.5 Å². The summed E-state index contributed by atoms with van der Waals surface area (Å²) >= 11 is 0. The summed E-state index contributed by atoms with van der Waals surface area (Å²) in [4.78, 5) is 4.18. The lowest BCUT2D eigenvalue weighted by atomic mass is 9.96. The van der Waals surface area contributed by atoms with Crippen LogP contribution in [0.1, 0.15) is 22.6 Å². The summed E-state index contributed by atoms with van der Waals surface area (Å²) in [6.45, 7) is 0. The van der Waals surface area contributed by atoms with Crippen molar-refractivity contribution in [2.75, 3.05) is 5.73 Å². The maximum Gasteiger partial charge on any atom is 0.219 e. The zero-order valence-corrected chi connectivity index (χ0v) is 12.8. The molecule has 0 radical (unpaired) electrons. The van der Waals surface area contributed by atoms with Gasteiger partial charge in [0.1, 0.15) is 5.75 Å². The summed E-state index contributed by atoms with van der Waals surface area (Å²) in [5, 5.41) is 0. The van der Waals surface area contributed by atoms with Crippen LogP contribution in [0.15, 0.2) is 66.9 Å². The molecular formula is C20H18N2O. The Balaban J connectivity index is 1.53. The number of anilines is 1. The van der Waals surface area contributed by atoms with Crippen LogP contribution in [-0.4, -0.2) is 4.98 Å². The molecule has 3 nitrogen and oxygen atoms in total. The molecule has 0 fully saturated rings. The summed E-state index contributed by atoms with van der Waals surface area (Å²) in [5.41, 5.74) is 10.5. The molecule has 2 aromatic carbocycles. The molecule has 0 saturated carbocycles. The summed E-state index contributed by atoms with van der Waals surface area (Å²) in [6, 6.07) is 20.6. The number of aromatic nitrogens is 1. The Morgan fingerprint density at radius 2 is 1.74 bits per heavy atom. The lowest BCUT2D eigenvalue weighted by Gasteiger charge is -2.08. The number of hydrogen-bond donors (Lipinski definition) is 1. The molecule has 1 atom stereocenters. The van der Waals surface area contributed by atoms with E-state index < -0.39 is 0 Å². The van der Waals surface area contributed by atoms with Gasteiger partial charge in [0.25, 0.3) is 0 Å². The first-order valence-corrected chi connectivity index (χ1v) is 7.84. The Bertz CT molecular complexity index is 813. The average molecular weight is 302 g/mol. The zero-order chi connectivity index (χ0) is 15.6. The molecular weight excluding hydrogens is 284 g/mol. The Hall–Kier alpha value is -2.81. The maximum atomic E-state index is 5.83. The minimum atomic E-state index is 0.566. The molecule has 1 unspecified atom stereocenters. The highest BCUT2D eigenvalue weighted by molar-refractivity contribution is 5.44. The van der Waals surface area contributed by atoms with Gasteiger partial charge in [-0.2, -0.15) is 0 Å². The molecule has 0 spiro atoms. The standard InChI is InChI=1S/C20H18N2O/c21-18-7-9-20(22-13-18)23-19-8-6-15-10-16(11-17(15)12-19)14-4-2-1-3-5-14/h1-9,12-13,16H,10-11,21H2. The predicted molar refractivity (Wildman–Crippen MR) is 91.8 cm³/mol. The first-order chi connectivity index (χ1) is 11.3. The van der Waals surface area contributed by atoms with E-state index in [1.165, 1.54) is 16.7 Å². The van der Waals surface area contributed by atoms with Crippen molar-refractivity contribution in [2.24, 2.45) is 0 Å². The van der Waals surface area contributed by atoms with Gasteiger partial charge in [-0.1, -0.05) is 36.4 Å². The monoisotopic (exact) mass is 302 g/mol. The Labute approximate surface area is 135 Å². The highest BCUT2D eigenvalue weighted by Gasteiger charge is 2.23. The molecule has 0 aliphatic heterocycles. The van der Waals surface area contributed by atoms with Crippen molar-refractivity contribution in [1.29, 1.82) is 0 Å². The molecule has 2 N–H and O–H groups in total. The van der Waals surface area contributed by atoms with Crippen molar-refractivity contribution in [2.45, 2.75) is 18.8 Å². The molecule has 1 heterocycles. The third-order valence-corrected chi connectivity index (χ3v) is 4.36. The van der Waals surface area contributed by atoms with Crippen LogP contribution in [0.5, 0.6) is 11.6 Å². The minimum Gasteiger partial charge on any atom is -0.439 e. The highest BCUT2D eigenvalue weighted by Crippen LogP contribution is 2.36. The quantitative estimate of drug-likeness (QED) is 0.783. The Morgan fingerprint density at radius 3 is 2.52 bits per heavy atom. The molecule has 0 saturated heterocycles. The molecule has 114 valence electrons. The number of hydrogen-bond acceptors (Lipinski definition) is 3. The minimum absolute atomic E-state index is 0.566. The van der Waals surface area contributed by atoms with Gasteiger partial charge in [0.2, 0.25) is 5.88 Å². The number of nitrogens with two attached hydrogens (primary N) is 1. The van der Waals surface area contributed by atoms with Gasteiger partial charge in [0.15, 0.2) is 0 Å². The van der Waals surface area contributed by atoms with Crippen molar-refractivity contribution in [3.8, 4) is 11.6 Å². The second-order valence-electron chi connectivity index (χ2n) is 5.98. The van der Waals surface area contributed by atoms with Crippen molar-refractivity contribution < 1.29 is 4.74 Å². The second kappa shape index (κ2) is 5.76. The van der Waals surface area contributed by atoms with E-state index in [0.717, 1.165) is 18.6 Å². The molecule has 0 amide bonds. The van der Waals surface area contributed by atoms with Crippen molar-refractivity contribution in [3.05, 3.63) is 83.6 Å². The fourth-order valence-electron chi connectivity index (χ4n) is 3.19. The number of ether oxygens (including phenoxy) is 1. The third kappa shape index (κ3) is 2.90. The zero-order valence-electron chi connectivity index (χ0n) is 12.8. The normalized spacial score (nSPS) is 16.1. The molecule has 23 heavy (non-hydrogen) atoms. The van der Waals surface area contributed by atoms with Gasteiger partial charge in [-0.25, -0.2) is 4.98 Å². The SMILES string of the molecule is Nc1ccc(Oc2ccc3c(c2)CC(c2ccccc2)C3)nc1. The Kier molecular flexibility index (Phi) is 3.46. The fourth-order valence-corrected chi connectivity index (χ4v) is 3.19. The van der Waals surface area contributed by atoms with Gasteiger partial charge in [0.05, 0.1) is 11.9 Å². The van der Waals surface area contributed by atoms with Crippen LogP contribution in [-0.2, 0) is 12.8 Å². The number of nitrogens with zero attached hydrogens (tertiary/aromatic N) is 1. The van der Waals surface area contributed by atoms with Crippen molar-refractivity contribution in [3.63, 3.8) is 0 Å². The molecule has 3 heteroatoms. The van der Waals surface area contributed by atoms with E-state index in [2.05, 4.69) is 47.4 Å². The van der Waals surface area contributed by atoms with Crippen LogP contribution in [0.3, 0.4) is 0 Å². The van der Waals surface area contributed by atoms with Crippen LogP contribution in [0, 0.1) is 0 Å². The topological polar surface area (TPSA) is 48.1 Å². The Morgan fingerprint density at radius 1 is 0.913 bits per heavy atom. The number of pyridine rings is 1. The number of rotatable bonds is 3. The van der Waals surface area contributed by atoms with Gasteiger partial charge < -0.3 is 10.5 Å². The molecule has 0 bridgehead atoms. The fraction of sp³-hybridized carbons (Fsp3) is 0.150. The molecule has 4 rings (SSSR count). The van der Waals surface area contributed by atoms with Crippen LogP contribution >= 0.6 is 0 Å². The van der Waals surface area contributed by atoms with Crippen LogP contribution in [0.4, 0.5) is 5.69 Å². The molecule has 1 aliphatic rings. The molecule has 1 aliphatic carbocycles. The number of fused-ring (bicyclic) bond motifs is 1. The van der Waals surface area contributed by atoms with Crippen molar-refractivity contribution >= 4 is 5.69 Å². The van der Waals surface area contributed by atoms with Gasteiger partial charge in [-0.15, -0.1) is 0 Å². The summed E-state index contributed by atoms with van der Waals surface area (Å²) in [7, 11) is 0. The van der Waals surface area contributed by atoms with Gasteiger partial charge >= 0.3 is 0 Å². The summed E-state index contributed by atoms with van der Waals surface area (Å²) < 4.78 is 5.83. The molecule has 3 aromatic rings. The van der Waals surface area contributed by atoms with Gasteiger partial charge in [-0.3, -0.25) is 0 Å². The van der Waals surface area contributed by atoms with E-state index in [0.29, 0.717) is 17.5 Å². The summed E-state index contributed by atoms with van der Waals surface area (Å²) in [6.07, 6.45) is 3.76. The number of benzene rings is 2. The smallest absolute Gasteiger partial charge is 0.219 e. The first-order valence-electron chi connectivity index (χ1n) is 7.84. The average Bonchev–Trinajstić information content (AvgIpc) is 3.01. The molecule has 1 aromatic heterocycles. The number of nitrogen functional groups attached to an aromatic ring is 1. The summed E-state index contributed by atoms with van der Waals surface area (Å²) in [5.74, 6) is 1.96. The first kappa shape index (κ1) is 13.8. The highest BCUT2D eigenvalue weighted by atomic mass is 16.5. The lowest BCUT2D eigenvalue weighted by molar-refractivity contribution is 0.462. The second-order valence-corrected chi connectivity index (χ2v) is 5.98. The van der Waals surface area contributed by atoms with Gasteiger partial charge in [0, 0.05) is 6.07 Å². The van der Waals surface area contributed by atoms with E-state index in [1.807, 2.05) is 6.07 Å². The largest absolute Gasteiger partial charge is 0.439 e. The van der Waals surface area contributed by atoms with Crippen LogP contribution in [0.2, 0.25) is 0 Å². The van der Waals surface area contributed by atoms with E-state index >= 15 is 0 Å². The van der Waals surface area contributed by atoms with E-state index in [9.17, 15) is 0 Å². The van der Waals surface area contributed by atoms with E-state index in [-0.39, 0.29) is 0 Å². The van der Waals surface area contributed by atoms with Crippen LogP contribution in [0.25, 0.3) is 0 Å². The predicted octanol–water partition coefficient (Wildman–Crippen LogP) is 4.34. The third-order valence-electron chi connectivity index (χ3n) is 4.36. The van der Waals surface area contributed by atoms with Crippen LogP contribution < -0.4 is 10.5 Å². The van der Waals surface area contributed by atoms with Gasteiger partial charge in [-0.05, 0) is 53.6 Å². The van der Waals surface area contributed by atoms with E-state index in [1.54, 1.807) is 18.3 Å². The maximum absolute atomic E-state index is 5.83.